The van der Waals surface area contributed by atoms with Crippen molar-refractivity contribution in [3.8, 4) is 11.5 Å². The van der Waals surface area contributed by atoms with E-state index in [0.717, 1.165) is 18.5 Å². The highest BCUT2D eigenvalue weighted by Gasteiger charge is 2.51. The Morgan fingerprint density at radius 1 is 1.17 bits per heavy atom. The number of para-hydroxylation sites is 2. The molecule has 1 spiro atoms. The van der Waals surface area contributed by atoms with Crippen LogP contribution in [0.15, 0.2) is 36.4 Å². The van der Waals surface area contributed by atoms with Gasteiger partial charge in [-0.3, -0.25) is 4.79 Å². The number of phenolic OH excluding ortho intramolecular Hbond substituents is 1. The highest BCUT2D eigenvalue weighted by Crippen LogP contribution is 2.48. The SMILES string of the molecule is O=C(c1cc(Cl)c(O)c(Cl)c1)N1CC2(CC2)Oc2ccccc21. The summed E-state index contributed by atoms with van der Waals surface area (Å²) in [5.74, 6) is 0.280. The van der Waals surface area contributed by atoms with Crippen LogP contribution in [0.4, 0.5) is 5.69 Å². The molecule has 6 heteroatoms. The summed E-state index contributed by atoms with van der Waals surface area (Å²) in [5, 5.41) is 9.78. The molecular weight excluding hydrogens is 337 g/mol. The number of anilines is 1. The number of carbonyl (C=O) groups is 1. The molecule has 1 fully saturated rings. The molecule has 1 amide bonds. The number of aromatic hydroxyl groups is 1. The zero-order valence-electron chi connectivity index (χ0n) is 12.1. The van der Waals surface area contributed by atoms with Gasteiger partial charge in [0.15, 0.2) is 5.75 Å². The Hall–Kier alpha value is -1.91. The van der Waals surface area contributed by atoms with Crippen LogP contribution in [0.5, 0.6) is 11.5 Å². The maximum absolute atomic E-state index is 13.0. The minimum atomic E-state index is -0.269. The number of rotatable bonds is 1. The van der Waals surface area contributed by atoms with Gasteiger partial charge in [0.05, 0.1) is 22.3 Å². The number of hydrogen-bond donors (Lipinski definition) is 1. The Morgan fingerprint density at radius 2 is 1.83 bits per heavy atom. The second-order valence-electron chi connectivity index (χ2n) is 5.93. The molecule has 2 aromatic rings. The van der Waals surface area contributed by atoms with Gasteiger partial charge in [-0.2, -0.15) is 0 Å². The normalized spacial score (nSPS) is 17.6. The molecule has 1 saturated carbocycles. The van der Waals surface area contributed by atoms with Crippen LogP contribution >= 0.6 is 23.2 Å². The molecule has 0 saturated heterocycles. The first kappa shape index (κ1) is 14.7. The lowest BCUT2D eigenvalue weighted by Gasteiger charge is -2.35. The first-order valence-electron chi connectivity index (χ1n) is 7.27. The Bertz CT molecular complexity index is 794. The van der Waals surface area contributed by atoms with Crippen LogP contribution in [0, 0.1) is 0 Å². The minimum absolute atomic E-state index is 0.0588. The van der Waals surface area contributed by atoms with Gasteiger partial charge in [-0.25, -0.2) is 0 Å². The molecule has 1 heterocycles. The molecule has 1 N–H and O–H groups in total. The van der Waals surface area contributed by atoms with E-state index in [1.54, 1.807) is 4.90 Å². The van der Waals surface area contributed by atoms with E-state index in [-0.39, 0.29) is 27.3 Å². The van der Waals surface area contributed by atoms with Gasteiger partial charge in [-0.05, 0) is 37.1 Å². The van der Waals surface area contributed by atoms with Gasteiger partial charge in [-0.15, -0.1) is 0 Å². The number of benzene rings is 2. The summed E-state index contributed by atoms with van der Waals surface area (Å²) in [6, 6.07) is 10.3. The standard InChI is InChI=1S/C17H13Cl2NO3/c18-11-7-10(8-12(19)15(11)21)16(22)20-9-17(5-6-17)23-14-4-2-1-3-13(14)20/h1-4,7-8,21H,5-6,9H2. The maximum Gasteiger partial charge on any atom is 0.258 e. The van der Waals surface area contributed by atoms with E-state index in [9.17, 15) is 9.90 Å². The van der Waals surface area contributed by atoms with E-state index in [1.165, 1.54) is 12.1 Å². The highest BCUT2D eigenvalue weighted by molar-refractivity contribution is 6.37. The number of phenols is 1. The fourth-order valence-electron chi connectivity index (χ4n) is 2.83. The molecule has 0 bridgehead atoms. The fourth-order valence-corrected chi connectivity index (χ4v) is 3.32. The number of ether oxygens (including phenoxy) is 1. The third-order valence-electron chi connectivity index (χ3n) is 4.25. The topological polar surface area (TPSA) is 49.8 Å². The van der Waals surface area contributed by atoms with Crippen LogP contribution in [0.3, 0.4) is 0 Å². The molecule has 118 valence electrons. The lowest BCUT2D eigenvalue weighted by Crippen LogP contribution is -2.45. The molecule has 0 unspecified atom stereocenters. The average Bonchev–Trinajstić information content (AvgIpc) is 3.29. The Morgan fingerprint density at radius 3 is 2.48 bits per heavy atom. The van der Waals surface area contributed by atoms with Gasteiger partial charge >= 0.3 is 0 Å². The molecule has 4 rings (SSSR count). The third-order valence-corrected chi connectivity index (χ3v) is 4.82. The molecule has 1 aliphatic heterocycles. The number of halogens is 2. The van der Waals surface area contributed by atoms with Crippen LogP contribution in [0.2, 0.25) is 10.0 Å². The first-order chi connectivity index (χ1) is 11.0. The molecular formula is C17H13Cl2NO3. The first-order valence-corrected chi connectivity index (χ1v) is 8.03. The smallest absolute Gasteiger partial charge is 0.258 e. The number of fused-ring (bicyclic) bond motifs is 1. The molecule has 0 atom stereocenters. The average molecular weight is 350 g/mol. The number of carbonyl (C=O) groups excluding carboxylic acids is 1. The monoisotopic (exact) mass is 349 g/mol. The molecule has 0 radical (unpaired) electrons. The summed E-state index contributed by atoms with van der Waals surface area (Å²) >= 11 is 11.9. The summed E-state index contributed by atoms with van der Waals surface area (Å²) in [6.07, 6.45) is 1.87. The molecule has 2 aliphatic rings. The van der Waals surface area contributed by atoms with Crippen LogP contribution in [-0.4, -0.2) is 23.2 Å². The van der Waals surface area contributed by atoms with E-state index in [4.69, 9.17) is 27.9 Å². The van der Waals surface area contributed by atoms with Crippen molar-refractivity contribution >= 4 is 34.8 Å². The summed E-state index contributed by atoms with van der Waals surface area (Å²) in [7, 11) is 0. The summed E-state index contributed by atoms with van der Waals surface area (Å²) < 4.78 is 6.03. The lowest BCUT2D eigenvalue weighted by molar-refractivity contribution is 0.0943. The van der Waals surface area contributed by atoms with E-state index >= 15 is 0 Å². The molecule has 4 nitrogen and oxygen atoms in total. The van der Waals surface area contributed by atoms with Crippen LogP contribution in [0.1, 0.15) is 23.2 Å². The second kappa shape index (κ2) is 5.05. The van der Waals surface area contributed by atoms with Crippen molar-refractivity contribution in [2.75, 3.05) is 11.4 Å². The van der Waals surface area contributed by atoms with Crippen LogP contribution in [0.25, 0.3) is 0 Å². The zero-order valence-corrected chi connectivity index (χ0v) is 13.6. The van der Waals surface area contributed by atoms with Crippen molar-refractivity contribution in [1.29, 1.82) is 0 Å². The van der Waals surface area contributed by atoms with Crippen LogP contribution < -0.4 is 9.64 Å². The van der Waals surface area contributed by atoms with E-state index in [0.29, 0.717) is 17.9 Å². The molecule has 23 heavy (non-hydrogen) atoms. The van der Waals surface area contributed by atoms with Gasteiger partial charge in [0.25, 0.3) is 5.91 Å². The van der Waals surface area contributed by atoms with Gasteiger partial charge in [0.1, 0.15) is 11.4 Å². The van der Waals surface area contributed by atoms with Gasteiger partial charge < -0.3 is 14.7 Å². The van der Waals surface area contributed by atoms with E-state index in [1.807, 2.05) is 24.3 Å². The highest BCUT2D eigenvalue weighted by atomic mass is 35.5. The number of amides is 1. The molecule has 0 aromatic heterocycles. The summed E-state index contributed by atoms with van der Waals surface area (Å²) in [4.78, 5) is 14.7. The second-order valence-corrected chi connectivity index (χ2v) is 6.75. The fraction of sp³-hybridized carbons (Fsp3) is 0.235. The third kappa shape index (κ3) is 2.42. The summed E-state index contributed by atoms with van der Waals surface area (Å²) in [5.41, 5.74) is 0.801. The summed E-state index contributed by atoms with van der Waals surface area (Å²) in [6.45, 7) is 0.499. The zero-order chi connectivity index (χ0) is 16.2. The number of nitrogens with zero attached hydrogens (tertiary/aromatic N) is 1. The van der Waals surface area contributed by atoms with E-state index < -0.39 is 0 Å². The lowest BCUT2D eigenvalue weighted by atomic mass is 10.1. The predicted octanol–water partition coefficient (Wildman–Crippen LogP) is 4.27. The van der Waals surface area contributed by atoms with Crippen molar-refractivity contribution in [2.45, 2.75) is 18.4 Å². The quantitative estimate of drug-likeness (QED) is 0.836. The van der Waals surface area contributed by atoms with Crippen molar-refractivity contribution in [3.05, 3.63) is 52.0 Å². The Kier molecular flexibility index (Phi) is 3.22. The van der Waals surface area contributed by atoms with Gasteiger partial charge in [0.2, 0.25) is 0 Å². The Balaban J connectivity index is 1.76. The van der Waals surface area contributed by atoms with Crippen molar-refractivity contribution in [3.63, 3.8) is 0 Å². The van der Waals surface area contributed by atoms with Gasteiger partial charge in [-0.1, -0.05) is 35.3 Å². The van der Waals surface area contributed by atoms with Gasteiger partial charge in [0, 0.05) is 5.56 Å². The van der Waals surface area contributed by atoms with Crippen molar-refractivity contribution < 1.29 is 14.6 Å². The van der Waals surface area contributed by atoms with E-state index in [2.05, 4.69) is 0 Å². The van der Waals surface area contributed by atoms with Crippen LogP contribution in [-0.2, 0) is 0 Å². The maximum atomic E-state index is 13.0. The van der Waals surface area contributed by atoms with Crippen molar-refractivity contribution in [1.82, 2.24) is 0 Å². The largest absolute Gasteiger partial charge is 0.505 e. The number of hydrogen-bond acceptors (Lipinski definition) is 3. The molecule has 2 aromatic carbocycles. The van der Waals surface area contributed by atoms with Crippen molar-refractivity contribution in [2.24, 2.45) is 0 Å². The Labute approximate surface area is 143 Å². The molecule has 1 aliphatic carbocycles. The predicted molar refractivity (Wildman–Crippen MR) is 88.8 cm³/mol. The minimum Gasteiger partial charge on any atom is -0.505 e.